The van der Waals surface area contributed by atoms with Crippen molar-refractivity contribution in [1.82, 2.24) is 5.06 Å². The standard InChI is InChI=1S/C14H25NO5/c1-9(2)11(16)19-8-20-12(17)10-7-13(3,4)15(18)14(10,5)6/h9-10,18H,7-8H2,1-6H3. The van der Waals surface area contributed by atoms with Crippen molar-refractivity contribution in [1.29, 1.82) is 0 Å². The largest absolute Gasteiger partial charge is 0.428 e. The van der Waals surface area contributed by atoms with Gasteiger partial charge in [-0.05, 0) is 34.1 Å². The average molecular weight is 287 g/mol. The maximum atomic E-state index is 12.1. The molecule has 1 unspecified atom stereocenters. The van der Waals surface area contributed by atoms with Crippen molar-refractivity contribution in [3.8, 4) is 0 Å². The number of esters is 2. The first-order valence-electron chi connectivity index (χ1n) is 6.82. The first-order valence-corrected chi connectivity index (χ1v) is 6.82. The fraction of sp³-hybridized carbons (Fsp3) is 0.857. The third-order valence-electron chi connectivity index (χ3n) is 3.83. The second kappa shape index (κ2) is 5.69. The number of ether oxygens (including phenoxy) is 2. The Kier molecular flexibility index (Phi) is 4.82. The SMILES string of the molecule is CC(C)C(=O)OCOC(=O)C1CC(C)(C)N(O)C1(C)C. The van der Waals surface area contributed by atoms with Crippen molar-refractivity contribution in [2.75, 3.05) is 6.79 Å². The summed E-state index contributed by atoms with van der Waals surface area (Å²) in [6.07, 6.45) is 0.480. The Morgan fingerprint density at radius 3 is 2.20 bits per heavy atom. The molecule has 0 saturated carbocycles. The van der Waals surface area contributed by atoms with Crippen LogP contribution < -0.4 is 0 Å². The van der Waals surface area contributed by atoms with Crippen LogP contribution in [0.4, 0.5) is 0 Å². The molecule has 20 heavy (non-hydrogen) atoms. The minimum Gasteiger partial charge on any atom is -0.428 e. The zero-order valence-electron chi connectivity index (χ0n) is 13.1. The molecule has 0 aromatic rings. The number of carbonyl (C=O) groups excluding carboxylic acids is 2. The van der Waals surface area contributed by atoms with Gasteiger partial charge in [0.2, 0.25) is 6.79 Å². The third-order valence-corrected chi connectivity index (χ3v) is 3.83. The van der Waals surface area contributed by atoms with Crippen LogP contribution in [0, 0.1) is 11.8 Å². The molecule has 0 aromatic heterocycles. The normalized spacial score (nSPS) is 24.7. The molecule has 0 aromatic carbocycles. The van der Waals surface area contributed by atoms with Crippen LogP contribution in [0.3, 0.4) is 0 Å². The monoisotopic (exact) mass is 287 g/mol. The van der Waals surface area contributed by atoms with Gasteiger partial charge in [0, 0.05) is 5.54 Å². The number of carbonyl (C=O) groups is 2. The topological polar surface area (TPSA) is 76.1 Å². The Bertz CT molecular complexity index is 389. The van der Waals surface area contributed by atoms with Gasteiger partial charge in [-0.2, -0.15) is 5.06 Å². The molecule has 0 bridgehead atoms. The predicted octanol–water partition coefficient (Wildman–Crippen LogP) is 1.95. The van der Waals surface area contributed by atoms with Crippen molar-refractivity contribution < 1.29 is 24.3 Å². The lowest BCUT2D eigenvalue weighted by molar-refractivity contribution is -0.202. The van der Waals surface area contributed by atoms with Gasteiger partial charge >= 0.3 is 11.9 Å². The average Bonchev–Trinajstić information content (AvgIpc) is 2.49. The van der Waals surface area contributed by atoms with Crippen molar-refractivity contribution >= 4 is 11.9 Å². The summed E-state index contributed by atoms with van der Waals surface area (Å²) in [6, 6.07) is 0. The number of hydrogen-bond acceptors (Lipinski definition) is 6. The Labute approximate surface area is 120 Å². The van der Waals surface area contributed by atoms with E-state index in [1.807, 2.05) is 13.8 Å². The van der Waals surface area contributed by atoms with E-state index < -0.39 is 28.9 Å². The summed E-state index contributed by atoms with van der Waals surface area (Å²) in [7, 11) is 0. The molecule has 1 rings (SSSR count). The first-order chi connectivity index (χ1) is 9.00. The molecule has 6 heteroatoms. The summed E-state index contributed by atoms with van der Waals surface area (Å²) in [5.41, 5.74) is -1.22. The molecule has 0 amide bonds. The lowest BCUT2D eigenvalue weighted by Gasteiger charge is -2.35. The number of hydroxylamine groups is 2. The minimum atomic E-state index is -0.720. The molecule has 6 nitrogen and oxygen atoms in total. The third kappa shape index (κ3) is 3.30. The van der Waals surface area contributed by atoms with Crippen LogP contribution in [-0.2, 0) is 19.1 Å². The second-order valence-electron chi connectivity index (χ2n) is 6.73. The number of nitrogens with zero attached hydrogens (tertiary/aromatic N) is 1. The molecule has 1 aliphatic heterocycles. The van der Waals surface area contributed by atoms with Gasteiger partial charge < -0.3 is 14.7 Å². The summed E-state index contributed by atoms with van der Waals surface area (Å²) in [5.74, 6) is -1.60. The Morgan fingerprint density at radius 1 is 1.25 bits per heavy atom. The highest BCUT2D eigenvalue weighted by Crippen LogP contribution is 2.43. The zero-order chi connectivity index (χ0) is 15.7. The lowest BCUT2D eigenvalue weighted by atomic mass is 9.87. The number of rotatable bonds is 4. The van der Waals surface area contributed by atoms with E-state index in [9.17, 15) is 14.8 Å². The maximum absolute atomic E-state index is 12.1. The van der Waals surface area contributed by atoms with E-state index >= 15 is 0 Å². The molecule has 0 aliphatic carbocycles. The summed E-state index contributed by atoms with van der Waals surface area (Å²) >= 11 is 0. The molecule has 1 saturated heterocycles. The lowest BCUT2D eigenvalue weighted by Crippen LogP contribution is -2.48. The van der Waals surface area contributed by atoms with Crippen molar-refractivity contribution in [3.05, 3.63) is 0 Å². The fourth-order valence-corrected chi connectivity index (χ4v) is 2.55. The van der Waals surface area contributed by atoms with Gasteiger partial charge in [-0.25, -0.2) is 0 Å². The zero-order valence-corrected chi connectivity index (χ0v) is 13.1. The van der Waals surface area contributed by atoms with E-state index in [2.05, 4.69) is 0 Å². The molecule has 1 aliphatic rings. The van der Waals surface area contributed by atoms with E-state index in [1.54, 1.807) is 27.7 Å². The van der Waals surface area contributed by atoms with Crippen LogP contribution in [0.15, 0.2) is 0 Å². The minimum absolute atomic E-state index is 0.261. The molecular formula is C14H25NO5. The molecule has 1 atom stereocenters. The summed E-state index contributed by atoms with van der Waals surface area (Å²) in [6.45, 7) is 10.3. The van der Waals surface area contributed by atoms with Crippen LogP contribution >= 0.6 is 0 Å². The van der Waals surface area contributed by atoms with Gasteiger partial charge in [0.25, 0.3) is 0 Å². The highest BCUT2D eigenvalue weighted by molar-refractivity contribution is 5.75. The molecule has 0 spiro atoms. The Morgan fingerprint density at radius 2 is 1.80 bits per heavy atom. The summed E-state index contributed by atoms with van der Waals surface area (Å²) < 4.78 is 9.83. The van der Waals surface area contributed by atoms with E-state index in [4.69, 9.17) is 9.47 Å². The quantitative estimate of drug-likeness (QED) is 0.629. The van der Waals surface area contributed by atoms with Crippen LogP contribution in [-0.4, -0.2) is 40.1 Å². The number of hydrogen-bond donors (Lipinski definition) is 1. The van der Waals surface area contributed by atoms with Gasteiger partial charge in [0.1, 0.15) is 0 Å². The maximum Gasteiger partial charge on any atom is 0.313 e. The Balaban J connectivity index is 2.58. The fourth-order valence-electron chi connectivity index (χ4n) is 2.55. The van der Waals surface area contributed by atoms with Crippen molar-refractivity contribution in [2.24, 2.45) is 11.8 Å². The molecule has 1 fully saturated rings. The highest BCUT2D eigenvalue weighted by atomic mass is 16.7. The summed E-state index contributed by atoms with van der Waals surface area (Å²) in [5, 5.41) is 11.3. The van der Waals surface area contributed by atoms with Crippen LogP contribution in [0.5, 0.6) is 0 Å². The van der Waals surface area contributed by atoms with Gasteiger partial charge in [-0.15, -0.1) is 0 Å². The van der Waals surface area contributed by atoms with Gasteiger partial charge in [-0.1, -0.05) is 13.8 Å². The van der Waals surface area contributed by atoms with Crippen LogP contribution in [0.1, 0.15) is 48.0 Å². The van der Waals surface area contributed by atoms with Gasteiger partial charge in [-0.3, -0.25) is 9.59 Å². The Hall–Kier alpha value is -1.14. The summed E-state index contributed by atoms with van der Waals surface area (Å²) in [4.78, 5) is 23.4. The molecule has 0 radical (unpaired) electrons. The van der Waals surface area contributed by atoms with E-state index in [-0.39, 0.29) is 12.7 Å². The molecule has 116 valence electrons. The van der Waals surface area contributed by atoms with E-state index in [1.165, 1.54) is 5.06 Å². The van der Waals surface area contributed by atoms with Crippen molar-refractivity contribution in [2.45, 2.75) is 59.0 Å². The van der Waals surface area contributed by atoms with Gasteiger partial charge in [0.05, 0.1) is 17.4 Å². The predicted molar refractivity (Wildman–Crippen MR) is 71.8 cm³/mol. The van der Waals surface area contributed by atoms with E-state index in [0.29, 0.717) is 6.42 Å². The first kappa shape index (κ1) is 16.9. The molecule has 1 heterocycles. The molecular weight excluding hydrogens is 262 g/mol. The van der Waals surface area contributed by atoms with Crippen molar-refractivity contribution in [3.63, 3.8) is 0 Å². The van der Waals surface area contributed by atoms with Crippen LogP contribution in [0.25, 0.3) is 0 Å². The highest BCUT2D eigenvalue weighted by Gasteiger charge is 2.54. The van der Waals surface area contributed by atoms with Gasteiger partial charge in [0.15, 0.2) is 0 Å². The smallest absolute Gasteiger partial charge is 0.313 e. The molecule has 1 N–H and O–H groups in total. The van der Waals surface area contributed by atoms with Crippen LogP contribution in [0.2, 0.25) is 0 Å². The second-order valence-corrected chi connectivity index (χ2v) is 6.73. The van der Waals surface area contributed by atoms with E-state index in [0.717, 1.165) is 0 Å².